The predicted molar refractivity (Wildman–Crippen MR) is 85.4 cm³/mol. The molecule has 1 aromatic heterocycles. The smallest absolute Gasteiger partial charge is 0.325 e. The van der Waals surface area contributed by atoms with Crippen LogP contribution in [0.5, 0.6) is 0 Å². The lowest BCUT2D eigenvalue weighted by molar-refractivity contribution is -0.138. The van der Waals surface area contributed by atoms with Crippen molar-refractivity contribution in [3.8, 4) is 0 Å². The van der Waals surface area contributed by atoms with E-state index in [0.29, 0.717) is 17.3 Å². The van der Waals surface area contributed by atoms with Crippen molar-refractivity contribution in [2.75, 3.05) is 0 Å². The van der Waals surface area contributed by atoms with E-state index in [1.165, 1.54) is 11.6 Å². The first-order valence-electron chi connectivity index (χ1n) is 7.34. The monoisotopic (exact) mass is 317 g/mol. The lowest BCUT2D eigenvalue weighted by Gasteiger charge is -2.14. The van der Waals surface area contributed by atoms with Gasteiger partial charge in [0, 0.05) is 11.9 Å². The van der Waals surface area contributed by atoms with Gasteiger partial charge in [-0.15, -0.1) is 0 Å². The van der Waals surface area contributed by atoms with Gasteiger partial charge in [0.25, 0.3) is 11.5 Å². The molecule has 0 aliphatic rings. The molecule has 1 amide bonds. The lowest BCUT2D eigenvalue weighted by Crippen LogP contribution is -2.40. The number of fused-ring (bicyclic) bond motifs is 1. The highest BCUT2D eigenvalue weighted by Crippen LogP contribution is 2.14. The predicted octanol–water partition coefficient (Wildman–Crippen LogP) is 1.26. The zero-order chi connectivity index (χ0) is 17.1. The Bertz CT molecular complexity index is 811. The number of carboxylic acids is 1. The molecule has 0 bridgehead atoms. The maximum absolute atomic E-state index is 12.4. The van der Waals surface area contributed by atoms with Gasteiger partial charge in [-0.1, -0.05) is 32.0 Å². The van der Waals surface area contributed by atoms with E-state index in [1.54, 1.807) is 24.3 Å². The molecular weight excluding hydrogens is 298 g/mol. The van der Waals surface area contributed by atoms with Crippen LogP contribution in [0.4, 0.5) is 0 Å². The second-order valence-corrected chi connectivity index (χ2v) is 5.81. The van der Waals surface area contributed by atoms with Crippen LogP contribution in [0.1, 0.15) is 31.3 Å². The molecule has 0 saturated carbocycles. The fourth-order valence-corrected chi connectivity index (χ4v) is 2.20. The Morgan fingerprint density at radius 3 is 2.39 bits per heavy atom. The van der Waals surface area contributed by atoms with Crippen LogP contribution < -0.4 is 10.9 Å². The Morgan fingerprint density at radius 2 is 1.83 bits per heavy atom. The first-order valence-corrected chi connectivity index (χ1v) is 7.34. The minimum Gasteiger partial charge on any atom is -0.480 e. The molecule has 1 aromatic carbocycles. The number of nitrogens with zero attached hydrogens (tertiary/aromatic N) is 2. The third-order valence-corrected chi connectivity index (χ3v) is 3.34. The summed E-state index contributed by atoms with van der Waals surface area (Å²) in [7, 11) is 0. The third kappa shape index (κ3) is 3.56. The Balaban J connectivity index is 2.57. The highest BCUT2D eigenvalue weighted by Gasteiger charge is 2.20. The van der Waals surface area contributed by atoms with E-state index in [2.05, 4.69) is 10.4 Å². The molecule has 1 atom stereocenters. The molecule has 2 rings (SSSR count). The van der Waals surface area contributed by atoms with Crippen molar-refractivity contribution in [1.29, 1.82) is 0 Å². The largest absolute Gasteiger partial charge is 0.480 e. The Labute approximate surface area is 132 Å². The second kappa shape index (κ2) is 6.60. The summed E-state index contributed by atoms with van der Waals surface area (Å²) in [6.07, 6.45) is 0. The van der Waals surface area contributed by atoms with Crippen LogP contribution in [0.15, 0.2) is 29.1 Å². The number of benzene rings is 1. The van der Waals surface area contributed by atoms with E-state index in [-0.39, 0.29) is 17.2 Å². The van der Waals surface area contributed by atoms with Gasteiger partial charge in [-0.25, -0.2) is 4.68 Å². The van der Waals surface area contributed by atoms with Crippen LogP contribution in [0.2, 0.25) is 0 Å². The zero-order valence-electron chi connectivity index (χ0n) is 13.2. The molecule has 7 nitrogen and oxygen atoms in total. The summed E-state index contributed by atoms with van der Waals surface area (Å²) in [6.45, 7) is 5.62. The van der Waals surface area contributed by atoms with Gasteiger partial charge in [-0.3, -0.25) is 14.4 Å². The highest BCUT2D eigenvalue weighted by atomic mass is 16.4. The van der Waals surface area contributed by atoms with Gasteiger partial charge in [0.1, 0.15) is 6.04 Å². The van der Waals surface area contributed by atoms with E-state index in [0.717, 1.165) is 0 Å². The van der Waals surface area contributed by atoms with Crippen molar-refractivity contribution in [1.82, 2.24) is 15.1 Å². The Kier molecular flexibility index (Phi) is 4.78. The average Bonchev–Trinajstić information content (AvgIpc) is 2.49. The van der Waals surface area contributed by atoms with Crippen molar-refractivity contribution in [2.24, 2.45) is 5.92 Å². The number of hydrogen-bond donors (Lipinski definition) is 2. The van der Waals surface area contributed by atoms with Gasteiger partial charge < -0.3 is 10.4 Å². The van der Waals surface area contributed by atoms with Gasteiger partial charge in [-0.05, 0) is 18.9 Å². The molecule has 0 spiro atoms. The van der Waals surface area contributed by atoms with E-state index in [4.69, 9.17) is 5.11 Å². The van der Waals surface area contributed by atoms with Crippen LogP contribution in [0.25, 0.3) is 10.8 Å². The average molecular weight is 317 g/mol. The molecule has 2 N–H and O–H groups in total. The van der Waals surface area contributed by atoms with Crippen molar-refractivity contribution < 1.29 is 14.7 Å². The van der Waals surface area contributed by atoms with Crippen LogP contribution >= 0.6 is 0 Å². The number of nitrogens with one attached hydrogen (secondary N) is 1. The normalized spacial score (nSPS) is 12.3. The second-order valence-electron chi connectivity index (χ2n) is 5.81. The molecule has 0 radical (unpaired) electrons. The number of carbonyl (C=O) groups excluding carboxylic acids is 1. The van der Waals surface area contributed by atoms with E-state index >= 15 is 0 Å². The van der Waals surface area contributed by atoms with Crippen LogP contribution in [0.3, 0.4) is 0 Å². The fraction of sp³-hybridized carbons (Fsp3) is 0.375. The quantitative estimate of drug-likeness (QED) is 0.864. The minimum absolute atomic E-state index is 0.0500. The molecule has 23 heavy (non-hydrogen) atoms. The summed E-state index contributed by atoms with van der Waals surface area (Å²) in [5.41, 5.74) is -0.217. The molecule has 0 unspecified atom stereocenters. The molecule has 1 heterocycles. The Morgan fingerprint density at radius 1 is 1.22 bits per heavy atom. The van der Waals surface area contributed by atoms with Gasteiger partial charge >= 0.3 is 5.97 Å². The van der Waals surface area contributed by atoms with Crippen LogP contribution in [-0.4, -0.2) is 32.8 Å². The summed E-state index contributed by atoms with van der Waals surface area (Å²) in [5, 5.41) is 16.2. The zero-order valence-corrected chi connectivity index (χ0v) is 13.2. The first-order chi connectivity index (χ1) is 10.8. The summed E-state index contributed by atoms with van der Waals surface area (Å²) in [4.78, 5) is 35.7. The Hall–Kier alpha value is -2.70. The fourth-order valence-electron chi connectivity index (χ4n) is 2.20. The molecule has 0 fully saturated rings. The molecular formula is C16H19N3O4. The van der Waals surface area contributed by atoms with E-state index in [1.807, 2.05) is 13.8 Å². The summed E-state index contributed by atoms with van der Waals surface area (Å²) >= 11 is 0. The van der Waals surface area contributed by atoms with Gasteiger partial charge in [0.2, 0.25) is 0 Å². The third-order valence-electron chi connectivity index (χ3n) is 3.34. The van der Waals surface area contributed by atoms with Crippen molar-refractivity contribution in [3.63, 3.8) is 0 Å². The molecule has 0 saturated heterocycles. The highest BCUT2D eigenvalue weighted by molar-refractivity contribution is 6.05. The maximum Gasteiger partial charge on any atom is 0.325 e. The van der Waals surface area contributed by atoms with Crippen molar-refractivity contribution in [3.05, 3.63) is 40.3 Å². The van der Waals surface area contributed by atoms with Crippen molar-refractivity contribution >= 4 is 22.6 Å². The van der Waals surface area contributed by atoms with Gasteiger partial charge in [0.15, 0.2) is 5.69 Å². The SMILES string of the molecule is CC(C)Cn1nc(C(=O)N[C@@H](C)C(=O)O)c2ccccc2c1=O. The number of amides is 1. The molecule has 0 aliphatic heterocycles. The van der Waals surface area contributed by atoms with E-state index in [9.17, 15) is 14.4 Å². The number of carbonyl (C=O) groups is 2. The number of aliphatic carboxylic acids is 1. The van der Waals surface area contributed by atoms with Crippen LogP contribution in [-0.2, 0) is 11.3 Å². The summed E-state index contributed by atoms with van der Waals surface area (Å²) in [6, 6.07) is 5.63. The molecule has 7 heteroatoms. The molecule has 2 aromatic rings. The first kappa shape index (κ1) is 16.7. The number of aromatic nitrogens is 2. The molecule has 122 valence electrons. The van der Waals surface area contributed by atoms with E-state index < -0.39 is 17.9 Å². The van der Waals surface area contributed by atoms with Gasteiger partial charge in [-0.2, -0.15) is 5.10 Å². The minimum atomic E-state index is -1.14. The number of hydrogen-bond acceptors (Lipinski definition) is 4. The number of carboxylic acid groups (broad SMARTS) is 1. The van der Waals surface area contributed by atoms with Gasteiger partial charge in [0.05, 0.1) is 5.39 Å². The molecule has 0 aliphatic carbocycles. The standard InChI is InChI=1S/C16H19N3O4/c1-9(2)8-19-15(21)12-7-5-4-6-11(12)13(18-19)14(20)17-10(3)16(22)23/h4-7,9-10H,8H2,1-3H3,(H,17,20)(H,22,23)/t10-/m0/s1. The maximum atomic E-state index is 12.4. The summed E-state index contributed by atoms with van der Waals surface area (Å²) < 4.78 is 1.26. The topological polar surface area (TPSA) is 101 Å². The van der Waals surface area contributed by atoms with Crippen LogP contribution in [0, 0.1) is 5.92 Å². The van der Waals surface area contributed by atoms with Crippen molar-refractivity contribution in [2.45, 2.75) is 33.4 Å². The lowest BCUT2D eigenvalue weighted by atomic mass is 10.1. The number of rotatable bonds is 5. The summed E-state index contributed by atoms with van der Waals surface area (Å²) in [5.74, 6) is -1.58.